The van der Waals surface area contributed by atoms with Crippen molar-refractivity contribution in [1.29, 1.82) is 0 Å². The molecule has 1 rings (SSSR count). The lowest BCUT2D eigenvalue weighted by Gasteiger charge is -2.06. The van der Waals surface area contributed by atoms with E-state index in [0.29, 0.717) is 5.69 Å². The van der Waals surface area contributed by atoms with Crippen LogP contribution in [0.1, 0.15) is 13.3 Å². The van der Waals surface area contributed by atoms with E-state index in [9.17, 15) is 14.9 Å². The zero-order chi connectivity index (χ0) is 12.1. The van der Waals surface area contributed by atoms with Crippen molar-refractivity contribution in [3.05, 3.63) is 34.4 Å². The molecule has 16 heavy (non-hydrogen) atoms. The number of amides is 1. The zero-order valence-electron chi connectivity index (χ0n) is 8.84. The second-order valence-electron chi connectivity index (χ2n) is 3.54. The minimum atomic E-state index is -0.513. The van der Waals surface area contributed by atoms with Gasteiger partial charge in [-0.15, -0.1) is 0 Å². The quantitative estimate of drug-likeness (QED) is 0.593. The number of benzene rings is 1. The van der Waals surface area contributed by atoms with Crippen molar-refractivity contribution in [2.75, 3.05) is 5.32 Å². The number of nitro groups is 1. The van der Waals surface area contributed by atoms with E-state index in [1.54, 1.807) is 13.0 Å². The van der Waals surface area contributed by atoms with Crippen molar-refractivity contribution in [1.82, 2.24) is 0 Å². The first-order chi connectivity index (χ1) is 7.49. The lowest BCUT2D eigenvalue weighted by molar-refractivity contribution is -0.384. The van der Waals surface area contributed by atoms with Gasteiger partial charge in [0, 0.05) is 30.3 Å². The number of carbonyl (C=O) groups excluding carboxylic acids is 1. The van der Waals surface area contributed by atoms with Crippen molar-refractivity contribution < 1.29 is 9.72 Å². The predicted octanol–water partition coefficient (Wildman–Crippen LogP) is 1.27. The molecule has 0 fully saturated rings. The van der Waals surface area contributed by atoms with Crippen molar-refractivity contribution in [3.8, 4) is 0 Å². The molecule has 0 saturated carbocycles. The highest BCUT2D eigenvalue weighted by molar-refractivity contribution is 5.91. The van der Waals surface area contributed by atoms with E-state index in [0.717, 1.165) is 0 Å². The number of anilines is 1. The van der Waals surface area contributed by atoms with Gasteiger partial charge in [-0.05, 0) is 13.0 Å². The Morgan fingerprint density at radius 1 is 1.62 bits per heavy atom. The third-order valence-electron chi connectivity index (χ3n) is 1.85. The molecule has 0 aromatic heterocycles. The summed E-state index contributed by atoms with van der Waals surface area (Å²) in [5, 5.41) is 13.0. The Balaban J connectivity index is 2.70. The Morgan fingerprint density at radius 2 is 2.31 bits per heavy atom. The lowest BCUT2D eigenvalue weighted by Crippen LogP contribution is -2.23. The van der Waals surface area contributed by atoms with Gasteiger partial charge in [0.2, 0.25) is 5.91 Å². The molecular weight excluding hydrogens is 210 g/mol. The second-order valence-corrected chi connectivity index (χ2v) is 3.54. The second kappa shape index (κ2) is 5.22. The van der Waals surface area contributed by atoms with Gasteiger partial charge in [0.05, 0.1) is 4.92 Å². The first-order valence-electron chi connectivity index (χ1n) is 4.79. The summed E-state index contributed by atoms with van der Waals surface area (Å²) >= 11 is 0. The third kappa shape index (κ3) is 3.66. The minimum absolute atomic E-state index is 0.0569. The molecule has 6 nitrogen and oxygen atoms in total. The molecular formula is C10H13N3O3. The number of nitrogens with zero attached hydrogens (tertiary/aromatic N) is 1. The van der Waals surface area contributed by atoms with Gasteiger partial charge in [-0.25, -0.2) is 0 Å². The van der Waals surface area contributed by atoms with Crippen LogP contribution >= 0.6 is 0 Å². The summed E-state index contributed by atoms with van der Waals surface area (Å²) in [6, 6.07) is 5.53. The molecule has 1 amide bonds. The number of nitro benzene ring substituents is 1. The molecule has 1 aromatic rings. The number of nitrogens with two attached hydrogens (primary N) is 1. The summed E-state index contributed by atoms with van der Waals surface area (Å²) in [4.78, 5) is 21.3. The molecule has 0 aliphatic carbocycles. The highest BCUT2D eigenvalue weighted by atomic mass is 16.6. The van der Waals surface area contributed by atoms with Crippen molar-refractivity contribution in [2.24, 2.45) is 5.73 Å². The van der Waals surface area contributed by atoms with E-state index in [2.05, 4.69) is 5.32 Å². The van der Waals surface area contributed by atoms with Crippen LogP contribution in [0.4, 0.5) is 11.4 Å². The van der Waals surface area contributed by atoms with Crippen LogP contribution in [0, 0.1) is 10.1 Å². The zero-order valence-corrected chi connectivity index (χ0v) is 8.84. The first kappa shape index (κ1) is 12.1. The molecule has 0 heterocycles. The standard InChI is InChI=1S/C10H13N3O3/c1-7(11)5-10(14)12-8-3-2-4-9(6-8)13(15)16/h2-4,6-7H,5,11H2,1H3,(H,12,14). The van der Waals surface area contributed by atoms with E-state index < -0.39 is 4.92 Å². The highest BCUT2D eigenvalue weighted by Crippen LogP contribution is 2.17. The minimum Gasteiger partial charge on any atom is -0.327 e. The number of carbonyl (C=O) groups is 1. The van der Waals surface area contributed by atoms with E-state index in [1.165, 1.54) is 18.2 Å². The lowest BCUT2D eigenvalue weighted by atomic mass is 10.2. The van der Waals surface area contributed by atoms with Gasteiger partial charge in [-0.2, -0.15) is 0 Å². The highest BCUT2D eigenvalue weighted by Gasteiger charge is 2.09. The normalized spacial score (nSPS) is 11.9. The van der Waals surface area contributed by atoms with Gasteiger partial charge in [0.25, 0.3) is 5.69 Å². The van der Waals surface area contributed by atoms with Gasteiger partial charge in [0.1, 0.15) is 0 Å². The van der Waals surface area contributed by atoms with Crippen LogP contribution in [0.2, 0.25) is 0 Å². The number of rotatable bonds is 4. The Hall–Kier alpha value is -1.95. The van der Waals surface area contributed by atoms with Crippen LogP contribution < -0.4 is 11.1 Å². The molecule has 0 spiro atoms. The molecule has 6 heteroatoms. The number of non-ortho nitro benzene ring substituents is 1. The van der Waals surface area contributed by atoms with Gasteiger partial charge < -0.3 is 11.1 Å². The maximum absolute atomic E-state index is 11.3. The predicted molar refractivity (Wildman–Crippen MR) is 60.0 cm³/mol. The Morgan fingerprint density at radius 3 is 2.88 bits per heavy atom. The fourth-order valence-corrected chi connectivity index (χ4v) is 1.20. The Bertz CT molecular complexity index is 404. The smallest absolute Gasteiger partial charge is 0.271 e. The molecule has 0 saturated heterocycles. The molecule has 1 atom stereocenters. The Labute approximate surface area is 92.6 Å². The van der Waals surface area contributed by atoms with Crippen LogP contribution in [0.15, 0.2) is 24.3 Å². The van der Waals surface area contributed by atoms with E-state index >= 15 is 0 Å². The van der Waals surface area contributed by atoms with Crippen molar-refractivity contribution in [3.63, 3.8) is 0 Å². The van der Waals surface area contributed by atoms with Crippen molar-refractivity contribution in [2.45, 2.75) is 19.4 Å². The monoisotopic (exact) mass is 223 g/mol. The number of hydrogen-bond acceptors (Lipinski definition) is 4. The fraction of sp³-hybridized carbons (Fsp3) is 0.300. The summed E-state index contributed by atoms with van der Waals surface area (Å²) in [6.45, 7) is 1.72. The molecule has 1 unspecified atom stereocenters. The average molecular weight is 223 g/mol. The fourth-order valence-electron chi connectivity index (χ4n) is 1.20. The Kier molecular flexibility index (Phi) is 3.96. The SMILES string of the molecule is CC(N)CC(=O)Nc1cccc([N+](=O)[O-])c1. The summed E-state index contributed by atoms with van der Waals surface area (Å²) in [6.07, 6.45) is 0.183. The van der Waals surface area contributed by atoms with Crippen LogP contribution in [0.3, 0.4) is 0 Å². The average Bonchev–Trinajstić information content (AvgIpc) is 2.16. The molecule has 3 N–H and O–H groups in total. The molecule has 1 aromatic carbocycles. The number of nitrogens with one attached hydrogen (secondary N) is 1. The van der Waals surface area contributed by atoms with E-state index in [-0.39, 0.29) is 24.1 Å². The van der Waals surface area contributed by atoms with Crippen LogP contribution in [0.25, 0.3) is 0 Å². The molecule has 0 aliphatic rings. The molecule has 0 aliphatic heterocycles. The van der Waals surface area contributed by atoms with Gasteiger partial charge in [-0.1, -0.05) is 6.07 Å². The summed E-state index contributed by atoms with van der Waals surface area (Å²) in [7, 11) is 0. The molecule has 0 radical (unpaired) electrons. The van der Waals surface area contributed by atoms with E-state index in [4.69, 9.17) is 5.73 Å². The topological polar surface area (TPSA) is 98.3 Å². The third-order valence-corrected chi connectivity index (χ3v) is 1.85. The molecule has 0 bridgehead atoms. The summed E-state index contributed by atoms with van der Waals surface area (Å²) in [5.41, 5.74) is 5.80. The largest absolute Gasteiger partial charge is 0.327 e. The first-order valence-corrected chi connectivity index (χ1v) is 4.79. The number of hydrogen-bond donors (Lipinski definition) is 2. The summed E-state index contributed by atoms with van der Waals surface area (Å²) in [5.74, 6) is -0.254. The van der Waals surface area contributed by atoms with Crippen molar-refractivity contribution >= 4 is 17.3 Å². The van der Waals surface area contributed by atoms with Gasteiger partial charge >= 0.3 is 0 Å². The maximum Gasteiger partial charge on any atom is 0.271 e. The van der Waals surface area contributed by atoms with Crippen LogP contribution in [-0.2, 0) is 4.79 Å². The van der Waals surface area contributed by atoms with Gasteiger partial charge in [0.15, 0.2) is 0 Å². The van der Waals surface area contributed by atoms with Gasteiger partial charge in [-0.3, -0.25) is 14.9 Å². The van der Waals surface area contributed by atoms with E-state index in [1.807, 2.05) is 0 Å². The van der Waals surface area contributed by atoms with Crippen LogP contribution in [-0.4, -0.2) is 16.9 Å². The molecule has 86 valence electrons. The maximum atomic E-state index is 11.3. The van der Waals surface area contributed by atoms with Crippen LogP contribution in [0.5, 0.6) is 0 Å². The summed E-state index contributed by atoms with van der Waals surface area (Å²) < 4.78 is 0.